The van der Waals surface area contributed by atoms with E-state index in [0.717, 1.165) is 6.33 Å². The number of carbonyl (C=O) groups is 1. The summed E-state index contributed by atoms with van der Waals surface area (Å²) in [5, 5.41) is 35.1. The summed E-state index contributed by atoms with van der Waals surface area (Å²) in [7, 11) is 0. The summed E-state index contributed by atoms with van der Waals surface area (Å²) in [6, 6.07) is 4.90. The van der Waals surface area contributed by atoms with Crippen LogP contribution in [0, 0.1) is 16.7 Å². The van der Waals surface area contributed by atoms with E-state index in [1.165, 1.54) is 16.6 Å². The van der Waals surface area contributed by atoms with E-state index in [0.29, 0.717) is 5.52 Å². The van der Waals surface area contributed by atoms with Gasteiger partial charge in [-0.3, -0.25) is 4.79 Å². The first-order valence-electron chi connectivity index (χ1n) is 10.3. The topological polar surface area (TPSA) is 156 Å². The van der Waals surface area contributed by atoms with Crippen molar-refractivity contribution in [3.8, 4) is 6.07 Å². The fourth-order valence-corrected chi connectivity index (χ4v) is 5.30. The van der Waals surface area contributed by atoms with Gasteiger partial charge in [-0.2, -0.15) is 23.5 Å². The van der Waals surface area contributed by atoms with E-state index in [9.17, 15) is 33.4 Å². The highest BCUT2D eigenvalue weighted by atomic mass is 19.4. The summed E-state index contributed by atoms with van der Waals surface area (Å²) >= 11 is 0. The molecule has 3 heterocycles. The number of nitriles is 1. The molecular formula is C20H20F3N5O5. The highest BCUT2D eigenvalue weighted by molar-refractivity contribution is 5.70. The fraction of sp³-hybridized carbons (Fsp3) is 0.600. The second-order valence-corrected chi connectivity index (χ2v) is 9.10. The van der Waals surface area contributed by atoms with E-state index < -0.39 is 47.1 Å². The lowest BCUT2D eigenvalue weighted by Crippen LogP contribution is -2.73. The van der Waals surface area contributed by atoms with Crippen molar-refractivity contribution in [2.45, 2.75) is 67.8 Å². The number of aromatic nitrogens is 3. The number of hydrogen-bond acceptors (Lipinski definition) is 9. The molecule has 3 saturated carbocycles. The number of nitrogen functional groups attached to an aromatic ring is 1. The third-order valence-corrected chi connectivity index (χ3v) is 7.03. The van der Waals surface area contributed by atoms with E-state index >= 15 is 0 Å². The van der Waals surface area contributed by atoms with Gasteiger partial charge in [-0.05, 0) is 18.6 Å². The van der Waals surface area contributed by atoms with Crippen molar-refractivity contribution in [2.75, 3.05) is 5.73 Å². The Bertz CT molecular complexity index is 1160. The van der Waals surface area contributed by atoms with Crippen LogP contribution in [0.1, 0.15) is 37.8 Å². The van der Waals surface area contributed by atoms with Gasteiger partial charge in [0.25, 0.3) is 0 Å². The number of ether oxygens (including phenoxy) is 2. The lowest BCUT2D eigenvalue weighted by atomic mass is 9.40. The average molecular weight is 467 g/mol. The molecule has 176 valence electrons. The number of nitrogens with two attached hydrogens (primary N) is 1. The predicted molar refractivity (Wildman–Crippen MR) is 102 cm³/mol. The molecule has 6 rings (SSSR count). The minimum absolute atomic E-state index is 0.110. The van der Waals surface area contributed by atoms with Gasteiger partial charge in [0.1, 0.15) is 35.7 Å². The number of rotatable bonds is 5. The zero-order valence-corrected chi connectivity index (χ0v) is 17.1. The van der Waals surface area contributed by atoms with Crippen molar-refractivity contribution in [2.24, 2.45) is 5.41 Å². The smallest absolute Gasteiger partial charge is 0.394 e. The number of halogens is 3. The summed E-state index contributed by atoms with van der Waals surface area (Å²) < 4.78 is 51.2. The molecule has 3 aliphatic carbocycles. The Morgan fingerprint density at radius 2 is 2.06 bits per heavy atom. The predicted octanol–water partition coefficient (Wildman–Crippen LogP) is 0.959. The third-order valence-electron chi connectivity index (χ3n) is 7.03. The molecule has 2 bridgehead atoms. The molecule has 1 saturated heterocycles. The van der Waals surface area contributed by atoms with Crippen LogP contribution in [-0.2, 0) is 19.9 Å². The number of anilines is 1. The number of carbonyl (C=O) groups excluding carboxylic acids is 1. The van der Waals surface area contributed by atoms with Crippen LogP contribution in [0.4, 0.5) is 19.0 Å². The van der Waals surface area contributed by atoms with Crippen LogP contribution < -0.4 is 5.73 Å². The Kier molecular flexibility index (Phi) is 4.50. The van der Waals surface area contributed by atoms with Crippen LogP contribution in [0.5, 0.6) is 0 Å². The maximum atomic E-state index is 13.0. The van der Waals surface area contributed by atoms with Gasteiger partial charge in [0, 0.05) is 25.7 Å². The normalized spacial score (nSPS) is 37.3. The van der Waals surface area contributed by atoms with E-state index in [2.05, 4.69) is 10.1 Å². The molecule has 0 aromatic carbocycles. The number of fused-ring (bicyclic) bond motifs is 1. The molecule has 0 spiro atoms. The molecule has 1 aliphatic heterocycles. The summed E-state index contributed by atoms with van der Waals surface area (Å²) in [6.45, 7) is 0. The van der Waals surface area contributed by atoms with Gasteiger partial charge in [0.15, 0.2) is 5.82 Å². The van der Waals surface area contributed by atoms with Gasteiger partial charge in [-0.25, -0.2) is 9.50 Å². The Morgan fingerprint density at radius 1 is 1.36 bits per heavy atom. The second kappa shape index (κ2) is 6.78. The van der Waals surface area contributed by atoms with Crippen LogP contribution in [0.15, 0.2) is 18.5 Å². The average Bonchev–Trinajstić information content (AvgIpc) is 3.23. The molecule has 2 aromatic heterocycles. The number of nitrogens with zero attached hydrogens (tertiary/aromatic N) is 4. The molecule has 13 heteroatoms. The zero-order valence-electron chi connectivity index (χ0n) is 17.1. The van der Waals surface area contributed by atoms with Gasteiger partial charge in [0.2, 0.25) is 5.60 Å². The van der Waals surface area contributed by atoms with Crippen molar-refractivity contribution in [1.82, 2.24) is 14.6 Å². The van der Waals surface area contributed by atoms with Gasteiger partial charge >= 0.3 is 12.1 Å². The van der Waals surface area contributed by atoms with Gasteiger partial charge in [-0.1, -0.05) is 0 Å². The van der Waals surface area contributed by atoms with Crippen molar-refractivity contribution in [1.29, 1.82) is 5.26 Å². The zero-order chi connectivity index (χ0) is 23.8. The van der Waals surface area contributed by atoms with Crippen molar-refractivity contribution < 1.29 is 37.7 Å². The highest BCUT2D eigenvalue weighted by Gasteiger charge is 2.80. The van der Waals surface area contributed by atoms with Crippen molar-refractivity contribution in [3.05, 3.63) is 24.2 Å². The first kappa shape index (κ1) is 21.9. The van der Waals surface area contributed by atoms with E-state index in [-0.39, 0.29) is 43.6 Å². The van der Waals surface area contributed by atoms with Gasteiger partial charge < -0.3 is 25.4 Å². The maximum absolute atomic E-state index is 13.0. The maximum Gasteiger partial charge on any atom is 0.394 e. The molecular weight excluding hydrogens is 447 g/mol. The fourth-order valence-electron chi connectivity index (χ4n) is 5.30. The Labute approximate surface area is 184 Å². The highest BCUT2D eigenvalue weighted by Crippen LogP contribution is 2.74. The summed E-state index contributed by atoms with van der Waals surface area (Å²) in [5.41, 5.74) is 1.50. The van der Waals surface area contributed by atoms with E-state index in [1.807, 2.05) is 6.07 Å². The molecule has 10 nitrogen and oxygen atoms in total. The van der Waals surface area contributed by atoms with Crippen LogP contribution >= 0.6 is 0 Å². The number of hydrogen-bond donors (Lipinski definition) is 3. The van der Waals surface area contributed by atoms with Crippen molar-refractivity contribution >= 4 is 17.3 Å². The Hall–Kier alpha value is -2.95. The molecule has 2 aromatic rings. The molecule has 4 fully saturated rings. The quantitative estimate of drug-likeness (QED) is 0.545. The first-order chi connectivity index (χ1) is 15.5. The Balaban J connectivity index is 1.26. The molecule has 4 aliphatic rings. The summed E-state index contributed by atoms with van der Waals surface area (Å²) in [6.07, 6.45) is -8.50. The van der Waals surface area contributed by atoms with E-state index in [4.69, 9.17) is 15.2 Å². The number of aliphatic hydroxyl groups excluding tert-OH is 2. The largest absolute Gasteiger partial charge is 0.459 e. The minimum atomic E-state index is -4.31. The summed E-state index contributed by atoms with van der Waals surface area (Å²) in [4.78, 5) is 16.1. The number of aliphatic hydroxyl groups is 2. The molecule has 4 atom stereocenters. The Morgan fingerprint density at radius 3 is 2.70 bits per heavy atom. The monoisotopic (exact) mass is 467 g/mol. The lowest BCUT2D eigenvalue weighted by Gasteiger charge is -2.68. The van der Waals surface area contributed by atoms with Gasteiger partial charge in [0.05, 0.1) is 17.2 Å². The van der Waals surface area contributed by atoms with Crippen LogP contribution in [-0.4, -0.2) is 60.9 Å². The molecule has 0 radical (unpaired) electrons. The minimum Gasteiger partial charge on any atom is -0.459 e. The molecule has 0 unspecified atom stereocenters. The molecule has 4 N–H and O–H groups in total. The first-order valence-corrected chi connectivity index (χ1v) is 10.3. The van der Waals surface area contributed by atoms with Gasteiger partial charge in [-0.15, -0.1) is 0 Å². The lowest BCUT2D eigenvalue weighted by molar-refractivity contribution is -0.382. The molecule has 33 heavy (non-hydrogen) atoms. The van der Waals surface area contributed by atoms with Crippen LogP contribution in [0.2, 0.25) is 0 Å². The van der Waals surface area contributed by atoms with E-state index in [1.54, 1.807) is 0 Å². The third kappa shape index (κ3) is 2.94. The van der Waals surface area contributed by atoms with Crippen LogP contribution in [0.25, 0.3) is 5.52 Å². The number of esters is 1. The van der Waals surface area contributed by atoms with Crippen LogP contribution in [0.3, 0.4) is 0 Å². The van der Waals surface area contributed by atoms with Crippen molar-refractivity contribution in [3.63, 3.8) is 0 Å². The standard InChI is InChI=1S/C20H20F3N5O5/c21-20(22,23)17-5-18(6-17,7-17)33-13(29)4-2-11-14(30)15(31)19(8-24,32-11)12-3-1-10-16(25)26-9-27-28(10)12/h1,3,9,11,14-15,30-31H,2,4-7H2,(H2,25,26,27)/t11-,14-,15-,17?,18?,19+/m1/s1. The molecule has 0 amide bonds. The summed E-state index contributed by atoms with van der Waals surface area (Å²) in [5.74, 6) is -0.587. The number of alkyl halides is 3. The SMILES string of the molecule is N#C[C@@]1(c2ccc3c(N)ncnn23)O[C@H](CCC(=O)OC23CC(C(F)(F)F)(C2)C3)[C@@H](O)[C@H]1O. The second-order valence-electron chi connectivity index (χ2n) is 9.10.